The molecule has 1 saturated heterocycles. The number of piperazine rings is 1. The summed E-state index contributed by atoms with van der Waals surface area (Å²) in [6, 6.07) is 18.0. The maximum Gasteiger partial charge on any atom is 0.262 e. The number of para-hydroxylation sites is 1. The lowest BCUT2D eigenvalue weighted by Gasteiger charge is -2.36. The number of rotatable bonds is 6. The number of amides is 2. The van der Waals surface area contributed by atoms with E-state index in [1.807, 2.05) is 42.5 Å². The minimum Gasteiger partial charge on any atom is -0.369 e. The van der Waals surface area contributed by atoms with E-state index >= 15 is 0 Å². The van der Waals surface area contributed by atoms with Crippen molar-refractivity contribution in [3.63, 3.8) is 0 Å². The van der Waals surface area contributed by atoms with Gasteiger partial charge in [-0.3, -0.25) is 25.3 Å². The van der Waals surface area contributed by atoms with Gasteiger partial charge in [-0.25, -0.2) is 0 Å². The second kappa shape index (κ2) is 10.8. The molecule has 1 heterocycles. The first kappa shape index (κ1) is 21.1. The predicted molar refractivity (Wildman–Crippen MR) is 119 cm³/mol. The molecule has 2 aromatic rings. The lowest BCUT2D eigenvalue weighted by molar-refractivity contribution is -0.127. The highest BCUT2D eigenvalue weighted by molar-refractivity contribution is 9.10. The Hall–Kier alpha value is -2.64. The quantitative estimate of drug-likeness (QED) is 0.518. The SMILES string of the molecule is O=C(/C=C/c1ccccc1Br)NNC(=O)CCN1CCN(c2ccccc2)CC1. The largest absolute Gasteiger partial charge is 0.369 e. The average Bonchev–Trinajstić information content (AvgIpc) is 2.76. The highest BCUT2D eigenvalue weighted by Crippen LogP contribution is 2.17. The summed E-state index contributed by atoms with van der Waals surface area (Å²) in [6.45, 7) is 4.41. The number of carbonyl (C=O) groups excluding carboxylic acids is 2. The molecule has 29 heavy (non-hydrogen) atoms. The Bertz CT molecular complexity index is 849. The van der Waals surface area contributed by atoms with Gasteiger partial charge in [0, 0.05) is 55.4 Å². The van der Waals surface area contributed by atoms with Crippen LogP contribution in [0.15, 0.2) is 65.1 Å². The third-order valence-corrected chi connectivity index (χ3v) is 5.52. The van der Waals surface area contributed by atoms with Crippen molar-refractivity contribution in [3.8, 4) is 0 Å². The van der Waals surface area contributed by atoms with Crippen molar-refractivity contribution in [3.05, 3.63) is 70.7 Å². The Labute approximate surface area is 179 Å². The van der Waals surface area contributed by atoms with Crippen molar-refractivity contribution >= 4 is 39.5 Å². The number of hydrazine groups is 1. The summed E-state index contributed by atoms with van der Waals surface area (Å²) in [4.78, 5) is 28.5. The summed E-state index contributed by atoms with van der Waals surface area (Å²) < 4.78 is 0.903. The number of carbonyl (C=O) groups is 2. The van der Waals surface area contributed by atoms with Crippen LogP contribution in [0.4, 0.5) is 5.69 Å². The van der Waals surface area contributed by atoms with Crippen LogP contribution in [-0.2, 0) is 9.59 Å². The number of benzene rings is 2. The van der Waals surface area contributed by atoms with Gasteiger partial charge < -0.3 is 4.90 Å². The van der Waals surface area contributed by atoms with Crippen LogP contribution >= 0.6 is 15.9 Å². The first-order chi connectivity index (χ1) is 14.1. The first-order valence-corrected chi connectivity index (χ1v) is 10.4. The Morgan fingerprint density at radius 2 is 1.62 bits per heavy atom. The number of hydrogen-bond donors (Lipinski definition) is 2. The maximum atomic E-state index is 12.0. The summed E-state index contributed by atoms with van der Waals surface area (Å²) in [7, 11) is 0. The number of halogens is 1. The third-order valence-electron chi connectivity index (χ3n) is 4.79. The second-order valence-electron chi connectivity index (χ2n) is 6.81. The molecule has 7 heteroatoms. The van der Waals surface area contributed by atoms with Gasteiger partial charge >= 0.3 is 0 Å². The zero-order valence-electron chi connectivity index (χ0n) is 16.2. The van der Waals surface area contributed by atoms with Crippen molar-refractivity contribution in [1.29, 1.82) is 0 Å². The molecule has 0 saturated carbocycles. The zero-order valence-corrected chi connectivity index (χ0v) is 17.8. The normalized spacial score (nSPS) is 14.7. The average molecular weight is 457 g/mol. The van der Waals surface area contributed by atoms with E-state index in [9.17, 15) is 9.59 Å². The molecule has 0 radical (unpaired) electrons. The summed E-state index contributed by atoms with van der Waals surface area (Å²) in [5, 5.41) is 0. The predicted octanol–water partition coefficient (Wildman–Crippen LogP) is 2.82. The Morgan fingerprint density at radius 1 is 0.931 bits per heavy atom. The molecule has 0 spiro atoms. The number of nitrogens with one attached hydrogen (secondary N) is 2. The van der Waals surface area contributed by atoms with E-state index in [-0.39, 0.29) is 11.8 Å². The molecular weight excluding hydrogens is 432 g/mol. The molecule has 152 valence electrons. The topological polar surface area (TPSA) is 64.7 Å². The molecule has 0 unspecified atom stereocenters. The maximum absolute atomic E-state index is 12.0. The van der Waals surface area contributed by atoms with E-state index in [4.69, 9.17) is 0 Å². The molecule has 1 aliphatic rings. The van der Waals surface area contributed by atoms with Crippen LogP contribution in [0.3, 0.4) is 0 Å². The summed E-state index contributed by atoms with van der Waals surface area (Å²) in [5.41, 5.74) is 7.02. The smallest absolute Gasteiger partial charge is 0.262 e. The van der Waals surface area contributed by atoms with E-state index in [0.717, 1.165) is 36.2 Å². The molecular formula is C22H25BrN4O2. The minimum atomic E-state index is -0.370. The molecule has 6 nitrogen and oxygen atoms in total. The second-order valence-corrected chi connectivity index (χ2v) is 7.66. The number of hydrogen-bond acceptors (Lipinski definition) is 4. The van der Waals surface area contributed by atoms with E-state index < -0.39 is 0 Å². The van der Waals surface area contributed by atoms with Crippen LogP contribution in [0.1, 0.15) is 12.0 Å². The molecule has 0 aromatic heterocycles. The van der Waals surface area contributed by atoms with Gasteiger partial charge in [-0.15, -0.1) is 0 Å². The van der Waals surface area contributed by atoms with Crippen LogP contribution in [-0.4, -0.2) is 49.4 Å². The fourth-order valence-corrected chi connectivity index (χ4v) is 3.56. The molecule has 1 fully saturated rings. The van der Waals surface area contributed by atoms with Crippen LogP contribution < -0.4 is 15.8 Å². The Kier molecular flexibility index (Phi) is 7.84. The molecule has 2 N–H and O–H groups in total. The fourth-order valence-electron chi connectivity index (χ4n) is 3.14. The number of anilines is 1. The van der Waals surface area contributed by atoms with Crippen LogP contribution in [0, 0.1) is 0 Å². The summed E-state index contributed by atoms with van der Waals surface area (Å²) >= 11 is 3.42. The standard InChI is InChI=1S/C22H25BrN4O2/c23-20-9-5-4-6-18(20)10-11-21(28)24-25-22(29)12-13-26-14-16-27(17-15-26)19-7-2-1-3-8-19/h1-11H,12-17H2,(H,24,28)(H,25,29)/b11-10+. The molecule has 3 rings (SSSR count). The monoisotopic (exact) mass is 456 g/mol. The van der Waals surface area contributed by atoms with Crippen molar-refractivity contribution in [1.82, 2.24) is 15.8 Å². The molecule has 0 atom stereocenters. The van der Waals surface area contributed by atoms with Gasteiger partial charge in [-0.2, -0.15) is 0 Å². The van der Waals surface area contributed by atoms with Gasteiger partial charge in [0.25, 0.3) is 5.91 Å². The van der Waals surface area contributed by atoms with E-state index in [2.05, 4.69) is 48.7 Å². The highest BCUT2D eigenvalue weighted by Gasteiger charge is 2.17. The first-order valence-electron chi connectivity index (χ1n) is 9.65. The van der Waals surface area contributed by atoms with Gasteiger partial charge in [-0.1, -0.05) is 52.3 Å². The zero-order chi connectivity index (χ0) is 20.5. The Balaban J connectivity index is 1.33. The van der Waals surface area contributed by atoms with Crippen molar-refractivity contribution in [2.24, 2.45) is 0 Å². The Morgan fingerprint density at radius 3 is 2.34 bits per heavy atom. The lowest BCUT2D eigenvalue weighted by Crippen LogP contribution is -2.48. The molecule has 2 aromatic carbocycles. The highest BCUT2D eigenvalue weighted by atomic mass is 79.9. The van der Waals surface area contributed by atoms with E-state index in [0.29, 0.717) is 13.0 Å². The van der Waals surface area contributed by atoms with Gasteiger partial charge in [0.05, 0.1) is 0 Å². The van der Waals surface area contributed by atoms with Crippen molar-refractivity contribution < 1.29 is 9.59 Å². The third kappa shape index (κ3) is 6.73. The van der Waals surface area contributed by atoms with E-state index in [1.165, 1.54) is 11.8 Å². The van der Waals surface area contributed by atoms with Gasteiger partial charge in [-0.05, 0) is 29.8 Å². The van der Waals surface area contributed by atoms with Gasteiger partial charge in [0.2, 0.25) is 5.91 Å². The summed E-state index contributed by atoms with van der Waals surface area (Å²) in [5.74, 6) is -0.566. The van der Waals surface area contributed by atoms with Gasteiger partial charge in [0.15, 0.2) is 0 Å². The van der Waals surface area contributed by atoms with Crippen LogP contribution in [0.25, 0.3) is 6.08 Å². The van der Waals surface area contributed by atoms with Gasteiger partial charge in [0.1, 0.15) is 0 Å². The van der Waals surface area contributed by atoms with E-state index in [1.54, 1.807) is 6.08 Å². The fraction of sp³-hybridized carbons (Fsp3) is 0.273. The minimum absolute atomic E-state index is 0.196. The van der Waals surface area contributed by atoms with Crippen LogP contribution in [0.5, 0.6) is 0 Å². The molecule has 2 amide bonds. The molecule has 1 aliphatic heterocycles. The number of nitrogens with zero attached hydrogens (tertiary/aromatic N) is 2. The molecule has 0 bridgehead atoms. The molecule has 0 aliphatic carbocycles. The van der Waals surface area contributed by atoms with Crippen molar-refractivity contribution in [2.45, 2.75) is 6.42 Å². The van der Waals surface area contributed by atoms with Crippen molar-refractivity contribution in [2.75, 3.05) is 37.6 Å². The lowest BCUT2D eigenvalue weighted by atomic mass is 10.2. The van der Waals surface area contributed by atoms with Crippen LogP contribution in [0.2, 0.25) is 0 Å². The summed E-state index contributed by atoms with van der Waals surface area (Å²) in [6.07, 6.45) is 3.43.